The van der Waals surface area contributed by atoms with Gasteiger partial charge in [0, 0.05) is 17.7 Å². The lowest BCUT2D eigenvalue weighted by atomic mass is 10.2. The Bertz CT molecular complexity index is 785. The van der Waals surface area contributed by atoms with Crippen molar-refractivity contribution in [3.8, 4) is 0 Å². The van der Waals surface area contributed by atoms with Crippen molar-refractivity contribution in [2.75, 3.05) is 11.6 Å². The maximum Gasteiger partial charge on any atom is 0.283 e. The zero-order valence-corrected chi connectivity index (χ0v) is 14.2. The molecule has 1 atom stereocenters. The molecule has 1 heterocycles. The monoisotopic (exact) mass is 346 g/mol. The van der Waals surface area contributed by atoms with E-state index in [0.717, 1.165) is 0 Å². The van der Waals surface area contributed by atoms with Crippen molar-refractivity contribution < 1.29 is 9.72 Å². The summed E-state index contributed by atoms with van der Waals surface area (Å²) in [5, 5.41) is 18.2. The fourth-order valence-corrected chi connectivity index (χ4v) is 3.23. The number of rotatable bonds is 6. The van der Waals surface area contributed by atoms with Gasteiger partial charge in [-0.05, 0) is 44.1 Å². The third-order valence-electron chi connectivity index (χ3n) is 4.24. The van der Waals surface area contributed by atoms with E-state index in [-0.39, 0.29) is 23.2 Å². The average molecular weight is 346 g/mol. The summed E-state index contributed by atoms with van der Waals surface area (Å²) in [6, 6.07) is 6.47. The van der Waals surface area contributed by atoms with Crippen LogP contribution in [0.4, 0.5) is 11.5 Å². The molecule has 1 saturated carbocycles. The van der Waals surface area contributed by atoms with Crippen LogP contribution in [0, 0.1) is 16.0 Å². The van der Waals surface area contributed by atoms with Gasteiger partial charge in [-0.2, -0.15) is 5.10 Å². The van der Waals surface area contributed by atoms with Crippen LogP contribution in [0.1, 0.15) is 36.2 Å². The number of hydrogen-bond donors (Lipinski definition) is 1. The summed E-state index contributed by atoms with van der Waals surface area (Å²) in [5.41, 5.74) is 0.196. The topological polar surface area (TPSA) is 90.1 Å². The zero-order chi connectivity index (χ0) is 17.3. The molecule has 24 heavy (non-hydrogen) atoms. The smallest absolute Gasteiger partial charge is 0.283 e. The quantitative estimate of drug-likeness (QED) is 0.489. The summed E-state index contributed by atoms with van der Waals surface area (Å²) in [7, 11) is 0. The second-order valence-electron chi connectivity index (χ2n) is 5.84. The van der Waals surface area contributed by atoms with Crippen LogP contribution < -0.4 is 5.32 Å². The Kier molecular flexibility index (Phi) is 4.57. The number of amides is 1. The molecule has 0 aliphatic heterocycles. The molecule has 0 saturated heterocycles. The van der Waals surface area contributed by atoms with Crippen molar-refractivity contribution in [2.45, 2.75) is 30.7 Å². The van der Waals surface area contributed by atoms with Gasteiger partial charge in [0.05, 0.1) is 22.1 Å². The van der Waals surface area contributed by atoms with Crippen molar-refractivity contribution in [2.24, 2.45) is 5.92 Å². The Balaban J connectivity index is 1.82. The summed E-state index contributed by atoms with van der Waals surface area (Å²) >= 11 is 1.28. The van der Waals surface area contributed by atoms with Gasteiger partial charge in [0.1, 0.15) is 5.82 Å². The summed E-state index contributed by atoms with van der Waals surface area (Å²) in [4.78, 5) is 23.7. The Morgan fingerprint density at radius 2 is 2.21 bits per heavy atom. The van der Waals surface area contributed by atoms with Gasteiger partial charge in [-0.15, -0.1) is 11.8 Å². The van der Waals surface area contributed by atoms with E-state index in [2.05, 4.69) is 17.3 Å². The first-order valence-corrected chi connectivity index (χ1v) is 8.91. The summed E-state index contributed by atoms with van der Waals surface area (Å²) < 4.78 is 1.81. The molecule has 1 N–H and O–H groups in total. The second-order valence-corrected chi connectivity index (χ2v) is 6.68. The Hall–Kier alpha value is -2.35. The molecule has 1 aliphatic carbocycles. The molecule has 3 rings (SSSR count). The van der Waals surface area contributed by atoms with E-state index in [1.165, 1.54) is 30.7 Å². The van der Waals surface area contributed by atoms with Crippen molar-refractivity contribution in [1.82, 2.24) is 9.78 Å². The standard InChI is InChI=1S/C16H18N4O3S/c1-10(11-3-4-11)19-15(7-8-17-19)18-16(21)12-5-6-14(24-2)13(9-12)20(22)23/h5-11H,3-4H2,1-2H3,(H,18,21). The van der Waals surface area contributed by atoms with E-state index in [1.807, 2.05) is 0 Å². The molecule has 1 aliphatic rings. The minimum absolute atomic E-state index is 0.0602. The van der Waals surface area contributed by atoms with E-state index < -0.39 is 4.92 Å². The Morgan fingerprint density at radius 1 is 1.46 bits per heavy atom. The SMILES string of the molecule is CSc1ccc(C(=O)Nc2ccnn2C(C)C2CC2)cc1[N+](=O)[O-]. The van der Waals surface area contributed by atoms with Crippen LogP contribution in [0.15, 0.2) is 35.4 Å². The zero-order valence-electron chi connectivity index (χ0n) is 13.4. The van der Waals surface area contributed by atoms with Crippen LogP contribution in [0.25, 0.3) is 0 Å². The molecule has 1 amide bonds. The lowest BCUT2D eigenvalue weighted by molar-refractivity contribution is -0.387. The molecule has 7 nitrogen and oxygen atoms in total. The van der Waals surface area contributed by atoms with Crippen LogP contribution in [0.3, 0.4) is 0 Å². The van der Waals surface area contributed by atoms with Crippen LogP contribution in [-0.4, -0.2) is 26.9 Å². The number of nitro benzene ring substituents is 1. The lowest BCUT2D eigenvalue weighted by Gasteiger charge is -2.15. The maximum absolute atomic E-state index is 12.5. The summed E-state index contributed by atoms with van der Waals surface area (Å²) in [5.74, 6) is 0.828. The van der Waals surface area contributed by atoms with Gasteiger partial charge >= 0.3 is 0 Å². The van der Waals surface area contributed by atoms with E-state index in [1.54, 1.807) is 35.3 Å². The number of thioether (sulfide) groups is 1. The molecule has 1 fully saturated rings. The predicted octanol–water partition coefficient (Wildman–Crippen LogP) is 3.74. The molecule has 1 aromatic heterocycles. The van der Waals surface area contributed by atoms with Crippen molar-refractivity contribution in [3.63, 3.8) is 0 Å². The molecule has 0 bridgehead atoms. The molecule has 126 valence electrons. The van der Waals surface area contributed by atoms with Gasteiger partial charge in [0.15, 0.2) is 0 Å². The Labute approximate surface area is 143 Å². The van der Waals surface area contributed by atoms with Crippen LogP contribution in [0.5, 0.6) is 0 Å². The van der Waals surface area contributed by atoms with Gasteiger partial charge in [-0.3, -0.25) is 14.9 Å². The fourth-order valence-electron chi connectivity index (χ4n) is 2.68. The van der Waals surface area contributed by atoms with Gasteiger partial charge in [0.25, 0.3) is 11.6 Å². The summed E-state index contributed by atoms with van der Waals surface area (Å²) in [6.45, 7) is 2.08. The van der Waals surface area contributed by atoms with E-state index in [0.29, 0.717) is 16.6 Å². The number of benzene rings is 1. The van der Waals surface area contributed by atoms with Crippen LogP contribution in [0.2, 0.25) is 0 Å². The molecular weight excluding hydrogens is 328 g/mol. The number of anilines is 1. The first kappa shape index (κ1) is 16.5. The van der Waals surface area contributed by atoms with Crippen LogP contribution in [-0.2, 0) is 0 Å². The van der Waals surface area contributed by atoms with E-state index in [4.69, 9.17) is 0 Å². The predicted molar refractivity (Wildman–Crippen MR) is 92.5 cm³/mol. The lowest BCUT2D eigenvalue weighted by Crippen LogP contribution is -2.18. The number of aromatic nitrogens is 2. The minimum Gasteiger partial charge on any atom is -0.307 e. The first-order valence-electron chi connectivity index (χ1n) is 7.68. The highest BCUT2D eigenvalue weighted by Gasteiger charge is 2.31. The second kappa shape index (κ2) is 6.64. The van der Waals surface area contributed by atoms with Gasteiger partial charge < -0.3 is 5.32 Å². The van der Waals surface area contributed by atoms with Gasteiger partial charge in [-0.25, -0.2) is 4.68 Å². The number of nitrogens with one attached hydrogen (secondary N) is 1. The summed E-state index contributed by atoms with van der Waals surface area (Å²) in [6.07, 6.45) is 5.77. The maximum atomic E-state index is 12.5. The third kappa shape index (κ3) is 3.28. The number of carbonyl (C=O) groups is 1. The molecule has 0 radical (unpaired) electrons. The number of nitro groups is 1. The highest BCUT2D eigenvalue weighted by atomic mass is 32.2. The first-order chi connectivity index (χ1) is 11.5. The average Bonchev–Trinajstić information content (AvgIpc) is 3.33. The Morgan fingerprint density at radius 3 is 2.83 bits per heavy atom. The third-order valence-corrected chi connectivity index (χ3v) is 5.02. The highest BCUT2D eigenvalue weighted by molar-refractivity contribution is 7.98. The van der Waals surface area contributed by atoms with Crippen molar-refractivity contribution in [3.05, 3.63) is 46.1 Å². The van der Waals surface area contributed by atoms with Gasteiger partial charge in [0.2, 0.25) is 0 Å². The molecule has 2 aromatic rings. The van der Waals surface area contributed by atoms with E-state index in [9.17, 15) is 14.9 Å². The number of nitrogens with zero attached hydrogens (tertiary/aromatic N) is 3. The number of carbonyl (C=O) groups excluding carboxylic acids is 1. The largest absolute Gasteiger partial charge is 0.307 e. The molecule has 8 heteroatoms. The van der Waals surface area contributed by atoms with Gasteiger partial charge in [-0.1, -0.05) is 0 Å². The minimum atomic E-state index is -0.470. The molecule has 0 spiro atoms. The van der Waals surface area contributed by atoms with E-state index >= 15 is 0 Å². The fraction of sp³-hybridized carbons (Fsp3) is 0.375. The normalized spacial score (nSPS) is 15.1. The van der Waals surface area contributed by atoms with Crippen molar-refractivity contribution >= 4 is 29.2 Å². The molecular formula is C16H18N4O3S. The highest BCUT2D eigenvalue weighted by Crippen LogP contribution is 2.40. The van der Waals surface area contributed by atoms with Crippen LogP contribution >= 0.6 is 11.8 Å². The molecule has 1 unspecified atom stereocenters. The number of hydrogen-bond acceptors (Lipinski definition) is 5. The van der Waals surface area contributed by atoms with Crippen molar-refractivity contribution in [1.29, 1.82) is 0 Å². The molecule has 1 aromatic carbocycles.